The Kier molecular flexibility index (Phi) is 4.34. The van der Waals surface area contributed by atoms with Gasteiger partial charge in [0.25, 0.3) is 0 Å². The first kappa shape index (κ1) is 17.2. The van der Waals surface area contributed by atoms with E-state index in [9.17, 15) is 26.3 Å². The highest BCUT2D eigenvalue weighted by atomic mass is 35.5. The van der Waals surface area contributed by atoms with E-state index in [1.54, 1.807) is 0 Å². The van der Waals surface area contributed by atoms with E-state index in [1.165, 1.54) is 0 Å². The molecule has 124 valence electrons. The highest BCUT2D eigenvalue weighted by molar-refractivity contribution is 6.33. The van der Waals surface area contributed by atoms with Gasteiger partial charge in [-0.05, 0) is 24.3 Å². The molecule has 0 bridgehead atoms. The number of anilines is 3. The zero-order chi connectivity index (χ0) is 17.4. The van der Waals surface area contributed by atoms with E-state index < -0.39 is 23.5 Å². The Morgan fingerprint density at radius 1 is 0.913 bits per heavy atom. The van der Waals surface area contributed by atoms with Gasteiger partial charge in [-0.15, -0.1) is 0 Å². The van der Waals surface area contributed by atoms with Crippen LogP contribution in [0.1, 0.15) is 11.1 Å². The minimum absolute atomic E-state index is 0.116. The van der Waals surface area contributed by atoms with Crippen molar-refractivity contribution in [3.63, 3.8) is 0 Å². The molecule has 1 aromatic carbocycles. The van der Waals surface area contributed by atoms with Gasteiger partial charge >= 0.3 is 12.4 Å². The lowest BCUT2D eigenvalue weighted by Gasteiger charge is -2.15. The smallest absolute Gasteiger partial charge is 0.382 e. The number of pyridine rings is 1. The molecule has 0 aliphatic heterocycles. The highest BCUT2D eigenvalue weighted by Gasteiger charge is 2.32. The normalized spacial score (nSPS) is 12.3. The molecule has 0 radical (unpaired) electrons. The lowest BCUT2D eigenvalue weighted by molar-refractivity contribution is -0.138. The average Bonchev–Trinajstić information content (AvgIpc) is 2.41. The van der Waals surface area contributed by atoms with E-state index >= 15 is 0 Å². The van der Waals surface area contributed by atoms with Crippen LogP contribution in [0.15, 0.2) is 30.5 Å². The van der Waals surface area contributed by atoms with Crippen molar-refractivity contribution in [1.29, 1.82) is 0 Å². The highest BCUT2D eigenvalue weighted by Crippen LogP contribution is 2.37. The summed E-state index contributed by atoms with van der Waals surface area (Å²) in [6, 6.07) is 3.03. The Bertz CT molecular complexity index is 665. The van der Waals surface area contributed by atoms with Crippen LogP contribution in [0.25, 0.3) is 0 Å². The van der Waals surface area contributed by atoms with E-state index in [1.807, 2.05) is 0 Å². The molecule has 0 saturated carbocycles. The molecule has 0 unspecified atom stereocenters. The van der Waals surface area contributed by atoms with Crippen LogP contribution in [0.2, 0.25) is 5.02 Å². The molecule has 1 heterocycles. The van der Waals surface area contributed by atoms with E-state index in [4.69, 9.17) is 17.3 Å². The van der Waals surface area contributed by atoms with Crippen molar-refractivity contribution in [2.45, 2.75) is 12.4 Å². The molecule has 3 N–H and O–H groups in total. The second-order valence-corrected chi connectivity index (χ2v) is 4.88. The van der Waals surface area contributed by atoms with Gasteiger partial charge in [0, 0.05) is 6.20 Å². The second kappa shape index (κ2) is 5.80. The van der Waals surface area contributed by atoms with Gasteiger partial charge in [0.1, 0.15) is 5.82 Å². The molecule has 2 aromatic rings. The molecule has 0 fully saturated rings. The van der Waals surface area contributed by atoms with Gasteiger partial charge in [-0.2, -0.15) is 26.3 Å². The largest absolute Gasteiger partial charge is 0.417 e. The van der Waals surface area contributed by atoms with Crippen LogP contribution in [-0.4, -0.2) is 4.98 Å². The zero-order valence-corrected chi connectivity index (χ0v) is 11.8. The van der Waals surface area contributed by atoms with Crippen LogP contribution in [-0.2, 0) is 12.4 Å². The van der Waals surface area contributed by atoms with Gasteiger partial charge in [0.2, 0.25) is 0 Å². The van der Waals surface area contributed by atoms with Gasteiger partial charge < -0.3 is 11.1 Å². The molecule has 0 aliphatic carbocycles. The first-order chi connectivity index (χ1) is 10.5. The summed E-state index contributed by atoms with van der Waals surface area (Å²) in [5.74, 6) is -0.313. The Morgan fingerprint density at radius 2 is 1.48 bits per heavy atom. The fourth-order valence-electron chi connectivity index (χ4n) is 1.67. The molecule has 0 spiro atoms. The molecule has 10 heteroatoms. The van der Waals surface area contributed by atoms with Crippen molar-refractivity contribution in [2.75, 3.05) is 11.1 Å². The van der Waals surface area contributed by atoms with E-state index in [-0.39, 0.29) is 22.2 Å². The number of nitrogens with two attached hydrogens (primary N) is 1. The molecule has 0 saturated heterocycles. The third kappa shape index (κ3) is 3.98. The number of nitrogens with one attached hydrogen (secondary N) is 1. The predicted molar refractivity (Wildman–Crippen MR) is 73.4 cm³/mol. The van der Waals surface area contributed by atoms with Gasteiger partial charge in [0.05, 0.1) is 27.5 Å². The molecular formula is C13H8ClF6N3. The number of nitrogen functional groups attached to an aromatic ring is 1. The summed E-state index contributed by atoms with van der Waals surface area (Å²) >= 11 is 5.76. The summed E-state index contributed by atoms with van der Waals surface area (Å²) in [6.45, 7) is 0. The van der Waals surface area contributed by atoms with Gasteiger partial charge in [-0.1, -0.05) is 11.6 Å². The number of benzene rings is 1. The number of aromatic nitrogens is 1. The van der Waals surface area contributed by atoms with Gasteiger partial charge in [-0.25, -0.2) is 4.98 Å². The maximum absolute atomic E-state index is 12.7. The number of rotatable bonds is 2. The fraction of sp³-hybridized carbons (Fsp3) is 0.154. The van der Waals surface area contributed by atoms with Gasteiger partial charge in [-0.3, -0.25) is 0 Å². The summed E-state index contributed by atoms with van der Waals surface area (Å²) in [7, 11) is 0. The number of alkyl halides is 6. The third-order valence-electron chi connectivity index (χ3n) is 2.81. The number of hydrogen-bond donors (Lipinski definition) is 2. The van der Waals surface area contributed by atoms with Crippen LogP contribution in [0.4, 0.5) is 43.5 Å². The molecule has 0 atom stereocenters. The molecule has 1 aromatic heterocycles. The van der Waals surface area contributed by atoms with Crippen molar-refractivity contribution in [1.82, 2.24) is 4.98 Å². The first-order valence-electron chi connectivity index (χ1n) is 5.95. The predicted octanol–water partition coefficient (Wildman–Crippen LogP) is 5.10. The monoisotopic (exact) mass is 355 g/mol. The maximum atomic E-state index is 12.7. The summed E-state index contributed by atoms with van der Waals surface area (Å²) in [5.41, 5.74) is 2.79. The molecular weight excluding hydrogens is 348 g/mol. The first-order valence-corrected chi connectivity index (χ1v) is 6.33. The lowest BCUT2D eigenvalue weighted by atomic mass is 10.2. The van der Waals surface area contributed by atoms with Crippen LogP contribution in [0.3, 0.4) is 0 Å². The Morgan fingerprint density at radius 3 is 2.04 bits per heavy atom. The van der Waals surface area contributed by atoms with Crippen molar-refractivity contribution in [2.24, 2.45) is 0 Å². The van der Waals surface area contributed by atoms with Gasteiger partial charge in [0.15, 0.2) is 0 Å². The minimum atomic E-state index is -4.67. The molecule has 0 amide bonds. The molecule has 23 heavy (non-hydrogen) atoms. The molecule has 0 aliphatic rings. The van der Waals surface area contributed by atoms with Crippen molar-refractivity contribution in [3.05, 3.63) is 46.6 Å². The van der Waals surface area contributed by atoms with Crippen LogP contribution in [0.5, 0.6) is 0 Å². The standard InChI is InChI=1S/C13H8ClF6N3/c14-8-2-1-6(12(15,16)17)3-9(8)23-10-4-7(13(18,19)20)5-22-11(10)21/h1-5,23H,(H2,21,22). The number of nitrogens with zero attached hydrogens (tertiary/aromatic N) is 1. The molecule has 3 nitrogen and oxygen atoms in total. The lowest BCUT2D eigenvalue weighted by Crippen LogP contribution is -2.09. The SMILES string of the molecule is Nc1ncc(C(F)(F)F)cc1Nc1cc(C(F)(F)F)ccc1Cl. The molecule has 2 rings (SSSR count). The van der Waals surface area contributed by atoms with Crippen molar-refractivity contribution >= 4 is 28.8 Å². The summed E-state index contributed by atoms with van der Waals surface area (Å²) < 4.78 is 76.0. The topological polar surface area (TPSA) is 50.9 Å². The number of hydrogen-bond acceptors (Lipinski definition) is 3. The quantitative estimate of drug-likeness (QED) is 0.737. The third-order valence-corrected chi connectivity index (χ3v) is 3.14. The minimum Gasteiger partial charge on any atom is -0.382 e. The second-order valence-electron chi connectivity index (χ2n) is 4.47. The van der Waals surface area contributed by atoms with Crippen LogP contribution >= 0.6 is 11.6 Å². The van der Waals surface area contributed by atoms with Crippen molar-refractivity contribution in [3.8, 4) is 0 Å². The summed E-state index contributed by atoms with van der Waals surface area (Å²) in [4.78, 5) is 3.37. The van der Waals surface area contributed by atoms with E-state index in [0.29, 0.717) is 18.3 Å². The van der Waals surface area contributed by atoms with E-state index in [2.05, 4.69) is 10.3 Å². The van der Waals surface area contributed by atoms with Crippen LogP contribution < -0.4 is 11.1 Å². The Balaban J connectivity index is 2.43. The van der Waals surface area contributed by atoms with E-state index in [0.717, 1.165) is 12.1 Å². The fourth-order valence-corrected chi connectivity index (χ4v) is 1.84. The summed E-state index contributed by atoms with van der Waals surface area (Å²) in [6.07, 6.45) is -8.78. The zero-order valence-electron chi connectivity index (χ0n) is 11.1. The maximum Gasteiger partial charge on any atom is 0.417 e. The van der Waals surface area contributed by atoms with Crippen LogP contribution in [0, 0.1) is 0 Å². The summed E-state index contributed by atoms with van der Waals surface area (Å²) in [5, 5.41) is 2.23. The number of halogens is 7. The Hall–Kier alpha value is -2.16. The average molecular weight is 356 g/mol. The Labute approximate surface area is 131 Å². The van der Waals surface area contributed by atoms with Crippen molar-refractivity contribution < 1.29 is 26.3 Å².